The van der Waals surface area contributed by atoms with Crippen LogP contribution >= 0.6 is 11.8 Å². The molecule has 1 aliphatic heterocycles. The Morgan fingerprint density at radius 1 is 1.44 bits per heavy atom. The maximum Gasteiger partial charge on any atom is 0.265 e. The van der Waals surface area contributed by atoms with E-state index in [0.717, 1.165) is 0 Å². The first-order chi connectivity index (χ1) is 7.74. The van der Waals surface area contributed by atoms with Crippen LogP contribution in [0.4, 0.5) is 0 Å². The lowest BCUT2D eigenvalue weighted by Gasteiger charge is -2.14. The smallest absolute Gasteiger partial charge is 0.265 e. The molecule has 1 heterocycles. The van der Waals surface area contributed by atoms with Gasteiger partial charge in [-0.05, 0) is 12.1 Å². The van der Waals surface area contributed by atoms with Crippen LogP contribution in [0, 0.1) is 0 Å². The van der Waals surface area contributed by atoms with Gasteiger partial charge in [-0.2, -0.15) is 0 Å². The molecule has 1 aromatic carbocycles. The summed E-state index contributed by atoms with van der Waals surface area (Å²) < 4.78 is 5.10. The Labute approximate surface area is 97.6 Å². The average Bonchev–Trinajstić information content (AvgIpc) is 2.74. The average molecular weight is 237 g/mol. The molecule has 0 saturated carbocycles. The van der Waals surface area contributed by atoms with Crippen molar-refractivity contribution in [2.24, 2.45) is 0 Å². The van der Waals surface area contributed by atoms with Gasteiger partial charge in [0, 0.05) is 0 Å². The molecule has 1 saturated heterocycles. The molecule has 1 fully saturated rings. The molecule has 0 bridgehead atoms. The van der Waals surface area contributed by atoms with Crippen molar-refractivity contribution in [3.05, 3.63) is 29.8 Å². The molecule has 1 aliphatic rings. The third-order valence-electron chi connectivity index (χ3n) is 2.33. The number of hydrogen-bond donors (Lipinski definition) is 0. The summed E-state index contributed by atoms with van der Waals surface area (Å²) in [5.74, 6) is 0.877. The lowest BCUT2D eigenvalue weighted by molar-refractivity contribution is -0.124. The summed E-state index contributed by atoms with van der Waals surface area (Å²) >= 11 is 1.44. The van der Waals surface area contributed by atoms with Crippen molar-refractivity contribution in [2.45, 2.75) is 0 Å². The van der Waals surface area contributed by atoms with Gasteiger partial charge in [0.25, 0.3) is 5.91 Å². The Morgan fingerprint density at radius 3 is 2.81 bits per heavy atom. The van der Waals surface area contributed by atoms with Crippen molar-refractivity contribution in [2.75, 3.05) is 18.7 Å². The SMILES string of the molecule is COc1ccccc1C(=O)N1CSCC1=O. The van der Waals surface area contributed by atoms with Gasteiger partial charge in [0.1, 0.15) is 5.75 Å². The van der Waals surface area contributed by atoms with Gasteiger partial charge >= 0.3 is 0 Å². The predicted octanol–water partition coefficient (Wildman–Crippen LogP) is 1.37. The number of nitrogens with zero attached hydrogens (tertiary/aromatic N) is 1. The number of hydrogen-bond acceptors (Lipinski definition) is 4. The summed E-state index contributed by atoms with van der Waals surface area (Å²) in [7, 11) is 1.51. The minimum Gasteiger partial charge on any atom is -0.496 e. The molecule has 0 radical (unpaired) electrons. The molecule has 4 nitrogen and oxygen atoms in total. The molecule has 5 heteroatoms. The zero-order chi connectivity index (χ0) is 11.5. The van der Waals surface area contributed by atoms with Crippen LogP contribution < -0.4 is 4.74 Å². The number of amides is 2. The molecule has 0 aliphatic carbocycles. The van der Waals surface area contributed by atoms with Crippen molar-refractivity contribution in [3.63, 3.8) is 0 Å². The zero-order valence-electron chi connectivity index (χ0n) is 8.80. The monoisotopic (exact) mass is 237 g/mol. The van der Waals surface area contributed by atoms with Crippen LogP contribution in [0.5, 0.6) is 5.75 Å². The van der Waals surface area contributed by atoms with Gasteiger partial charge in [0.05, 0.1) is 24.3 Å². The first-order valence-electron chi connectivity index (χ1n) is 4.79. The van der Waals surface area contributed by atoms with Crippen LogP contribution in [-0.2, 0) is 4.79 Å². The van der Waals surface area contributed by atoms with Crippen molar-refractivity contribution in [1.29, 1.82) is 0 Å². The maximum atomic E-state index is 12.0. The number of rotatable bonds is 2. The number of ether oxygens (including phenoxy) is 1. The van der Waals surface area contributed by atoms with E-state index in [1.807, 2.05) is 0 Å². The predicted molar refractivity (Wildman–Crippen MR) is 61.5 cm³/mol. The standard InChI is InChI=1S/C11H11NO3S/c1-15-9-5-3-2-4-8(9)11(14)12-7-16-6-10(12)13/h2-5H,6-7H2,1H3. The van der Waals surface area contributed by atoms with E-state index in [4.69, 9.17) is 4.74 Å². The first kappa shape index (κ1) is 11.0. The summed E-state index contributed by atoms with van der Waals surface area (Å²) in [5.41, 5.74) is 0.431. The van der Waals surface area contributed by atoms with Gasteiger partial charge in [0.15, 0.2) is 0 Å². The molecular weight excluding hydrogens is 226 g/mol. The first-order valence-corrected chi connectivity index (χ1v) is 5.95. The minimum atomic E-state index is -0.285. The van der Waals surface area contributed by atoms with E-state index in [0.29, 0.717) is 22.9 Å². The second-order valence-corrected chi connectivity index (χ2v) is 4.26. The third kappa shape index (κ3) is 1.90. The quantitative estimate of drug-likeness (QED) is 0.729. The zero-order valence-corrected chi connectivity index (χ0v) is 9.62. The number of benzene rings is 1. The lowest BCUT2D eigenvalue weighted by Crippen LogP contribution is -2.32. The third-order valence-corrected chi connectivity index (χ3v) is 3.22. The van der Waals surface area contributed by atoms with Crippen LogP contribution in [0.3, 0.4) is 0 Å². The molecular formula is C11H11NO3S. The van der Waals surface area contributed by atoms with Crippen LogP contribution in [0.15, 0.2) is 24.3 Å². The molecule has 2 amide bonds. The molecule has 1 aromatic rings. The second-order valence-electron chi connectivity index (χ2n) is 3.30. The van der Waals surface area contributed by atoms with E-state index >= 15 is 0 Å². The van der Waals surface area contributed by atoms with Crippen LogP contribution in [0.2, 0.25) is 0 Å². The highest BCUT2D eigenvalue weighted by Gasteiger charge is 2.29. The highest BCUT2D eigenvalue weighted by Crippen LogP contribution is 2.23. The number of para-hydroxylation sites is 1. The van der Waals surface area contributed by atoms with Crippen molar-refractivity contribution in [3.8, 4) is 5.75 Å². The Bertz CT molecular complexity index is 433. The Kier molecular flexibility index (Phi) is 3.14. The number of thioether (sulfide) groups is 1. The van der Waals surface area contributed by atoms with Gasteiger partial charge in [-0.1, -0.05) is 12.1 Å². The number of imide groups is 1. The van der Waals surface area contributed by atoms with Gasteiger partial charge < -0.3 is 4.74 Å². The molecule has 84 valence electrons. The molecule has 2 rings (SSSR count). The lowest BCUT2D eigenvalue weighted by atomic mass is 10.2. The summed E-state index contributed by atoms with van der Waals surface area (Å²) in [4.78, 5) is 24.7. The van der Waals surface area contributed by atoms with Crippen molar-refractivity contribution >= 4 is 23.6 Å². The van der Waals surface area contributed by atoms with Crippen LogP contribution in [0.1, 0.15) is 10.4 Å². The normalized spacial score (nSPS) is 15.3. The largest absolute Gasteiger partial charge is 0.496 e. The van der Waals surface area contributed by atoms with E-state index < -0.39 is 0 Å². The van der Waals surface area contributed by atoms with Crippen molar-refractivity contribution < 1.29 is 14.3 Å². The minimum absolute atomic E-state index is 0.138. The maximum absolute atomic E-state index is 12.0. The van der Waals surface area contributed by atoms with E-state index in [9.17, 15) is 9.59 Å². The van der Waals surface area contributed by atoms with Gasteiger partial charge in [-0.25, -0.2) is 0 Å². The van der Waals surface area contributed by atoms with Crippen LogP contribution in [-0.4, -0.2) is 35.5 Å². The van der Waals surface area contributed by atoms with E-state index in [2.05, 4.69) is 0 Å². The van der Waals surface area contributed by atoms with Gasteiger partial charge in [0.2, 0.25) is 5.91 Å². The molecule has 0 unspecified atom stereocenters. The highest BCUT2D eigenvalue weighted by atomic mass is 32.2. The molecule has 16 heavy (non-hydrogen) atoms. The Morgan fingerprint density at radius 2 is 2.19 bits per heavy atom. The van der Waals surface area contributed by atoms with Crippen LogP contribution in [0.25, 0.3) is 0 Å². The highest BCUT2D eigenvalue weighted by molar-refractivity contribution is 8.00. The summed E-state index contributed by atoms with van der Waals surface area (Å²) in [5, 5.41) is 0. The topological polar surface area (TPSA) is 46.6 Å². The van der Waals surface area contributed by atoms with Gasteiger partial charge in [-0.15, -0.1) is 11.8 Å². The summed E-state index contributed by atoms with van der Waals surface area (Å²) in [6.45, 7) is 0. The molecule has 0 atom stereocenters. The van der Waals surface area contributed by atoms with E-state index in [1.165, 1.54) is 23.8 Å². The summed E-state index contributed by atoms with van der Waals surface area (Å²) in [6.07, 6.45) is 0. The molecule has 0 N–H and O–H groups in total. The van der Waals surface area contributed by atoms with E-state index in [-0.39, 0.29) is 11.8 Å². The Hall–Kier alpha value is -1.49. The van der Waals surface area contributed by atoms with Crippen molar-refractivity contribution in [1.82, 2.24) is 4.90 Å². The fourth-order valence-electron chi connectivity index (χ4n) is 1.51. The number of carbonyl (C=O) groups is 2. The number of methoxy groups -OCH3 is 1. The van der Waals surface area contributed by atoms with E-state index in [1.54, 1.807) is 24.3 Å². The molecule has 0 spiro atoms. The summed E-state index contributed by atoms with van der Waals surface area (Å²) in [6, 6.07) is 6.91. The molecule has 0 aromatic heterocycles. The number of carbonyl (C=O) groups excluding carboxylic acids is 2. The fourth-order valence-corrected chi connectivity index (χ4v) is 2.38. The second kappa shape index (κ2) is 4.57. The Balaban J connectivity index is 2.30. The fraction of sp³-hybridized carbons (Fsp3) is 0.273. The van der Waals surface area contributed by atoms with Gasteiger partial charge in [-0.3, -0.25) is 14.5 Å².